The van der Waals surface area contributed by atoms with E-state index in [0.29, 0.717) is 12.6 Å². The van der Waals surface area contributed by atoms with Crippen molar-refractivity contribution in [2.24, 2.45) is 0 Å². The molecule has 64 valence electrons. The summed E-state index contributed by atoms with van der Waals surface area (Å²) in [7, 11) is 3.53. The molecule has 0 spiro atoms. The van der Waals surface area contributed by atoms with Gasteiger partial charge in [0.2, 0.25) is 5.91 Å². The van der Waals surface area contributed by atoms with Crippen LogP contribution in [0.15, 0.2) is 0 Å². The van der Waals surface area contributed by atoms with Gasteiger partial charge >= 0.3 is 0 Å². The molecule has 11 heavy (non-hydrogen) atoms. The fourth-order valence-corrected chi connectivity index (χ4v) is 0.823. The van der Waals surface area contributed by atoms with Crippen LogP contribution in [0.5, 0.6) is 0 Å². The van der Waals surface area contributed by atoms with Crippen molar-refractivity contribution in [3.8, 4) is 0 Å². The molecule has 2 N–H and O–H groups in total. The van der Waals surface area contributed by atoms with Crippen molar-refractivity contribution >= 4 is 5.91 Å². The molecule has 1 aliphatic rings. The number of likely N-dealkylation sites (N-methyl/N-ethyl adjacent to an activating group) is 1. The number of carbonyl (C=O) groups is 1. The first kappa shape index (κ1) is 8.49. The fraction of sp³-hybridized carbons (Fsp3) is 0.857. The second-order valence-electron chi connectivity index (χ2n) is 3.02. The van der Waals surface area contributed by atoms with Gasteiger partial charge in [0.05, 0.1) is 6.54 Å². The van der Waals surface area contributed by atoms with Gasteiger partial charge in [0.25, 0.3) is 0 Å². The van der Waals surface area contributed by atoms with E-state index in [0.717, 1.165) is 13.1 Å². The third-order valence-corrected chi connectivity index (χ3v) is 1.82. The predicted octanol–water partition coefficient (Wildman–Crippen LogP) is -1.36. The fourth-order valence-electron chi connectivity index (χ4n) is 0.823. The number of hydrogen-bond donors (Lipinski definition) is 2. The van der Waals surface area contributed by atoms with Gasteiger partial charge in [-0.05, 0) is 0 Å². The zero-order valence-corrected chi connectivity index (χ0v) is 7.05. The minimum absolute atomic E-state index is 0.136. The van der Waals surface area contributed by atoms with Crippen LogP contribution < -0.4 is 10.6 Å². The Morgan fingerprint density at radius 3 is 2.64 bits per heavy atom. The molecular weight excluding hydrogens is 142 g/mol. The minimum Gasteiger partial charge on any atom is -0.348 e. The van der Waals surface area contributed by atoms with E-state index in [1.54, 1.807) is 19.0 Å². The van der Waals surface area contributed by atoms with Gasteiger partial charge in [-0.1, -0.05) is 0 Å². The average Bonchev–Trinajstić information content (AvgIpc) is 1.83. The molecule has 0 atom stereocenters. The van der Waals surface area contributed by atoms with E-state index in [4.69, 9.17) is 0 Å². The van der Waals surface area contributed by atoms with Crippen molar-refractivity contribution < 1.29 is 4.79 Å². The highest BCUT2D eigenvalue weighted by Gasteiger charge is 2.16. The standard InChI is InChI=1S/C7H15N3O/c1-10(2)7(11)5-9-6-3-8-4-6/h6,8-9H,3-5H2,1-2H3. The smallest absolute Gasteiger partial charge is 0.236 e. The molecule has 0 aromatic heterocycles. The van der Waals surface area contributed by atoms with E-state index in [-0.39, 0.29) is 5.91 Å². The SMILES string of the molecule is CN(C)C(=O)CNC1CNC1. The van der Waals surface area contributed by atoms with Crippen molar-refractivity contribution in [3.05, 3.63) is 0 Å². The summed E-state index contributed by atoms with van der Waals surface area (Å²) in [5.74, 6) is 0.136. The number of amides is 1. The Hall–Kier alpha value is -0.610. The Labute approximate surface area is 66.9 Å². The lowest BCUT2D eigenvalue weighted by atomic mass is 10.2. The summed E-state index contributed by atoms with van der Waals surface area (Å²) in [6.07, 6.45) is 0. The monoisotopic (exact) mass is 157 g/mol. The third kappa shape index (κ3) is 2.48. The van der Waals surface area contributed by atoms with Crippen LogP contribution >= 0.6 is 0 Å². The number of nitrogens with zero attached hydrogens (tertiary/aromatic N) is 1. The molecule has 0 radical (unpaired) electrons. The van der Waals surface area contributed by atoms with Crippen molar-refractivity contribution in [3.63, 3.8) is 0 Å². The summed E-state index contributed by atoms with van der Waals surface area (Å²) in [6, 6.07) is 0.499. The first-order chi connectivity index (χ1) is 5.20. The maximum Gasteiger partial charge on any atom is 0.236 e. The quantitative estimate of drug-likeness (QED) is 0.531. The van der Waals surface area contributed by atoms with Gasteiger partial charge in [-0.3, -0.25) is 4.79 Å². The molecule has 0 bridgehead atoms. The first-order valence-electron chi connectivity index (χ1n) is 3.84. The van der Waals surface area contributed by atoms with Gasteiger partial charge in [-0.15, -0.1) is 0 Å². The predicted molar refractivity (Wildman–Crippen MR) is 43.4 cm³/mol. The van der Waals surface area contributed by atoms with Crippen LogP contribution in [0.1, 0.15) is 0 Å². The molecule has 1 rings (SSSR count). The van der Waals surface area contributed by atoms with Crippen LogP contribution in [0, 0.1) is 0 Å². The third-order valence-electron chi connectivity index (χ3n) is 1.82. The summed E-state index contributed by atoms with van der Waals surface area (Å²) < 4.78 is 0. The summed E-state index contributed by atoms with van der Waals surface area (Å²) in [6.45, 7) is 2.43. The lowest BCUT2D eigenvalue weighted by Crippen LogP contribution is -2.56. The molecule has 1 fully saturated rings. The lowest BCUT2D eigenvalue weighted by Gasteiger charge is -2.28. The second-order valence-corrected chi connectivity index (χ2v) is 3.02. The number of hydrogen-bond acceptors (Lipinski definition) is 3. The van der Waals surface area contributed by atoms with Crippen molar-refractivity contribution in [1.29, 1.82) is 0 Å². The minimum atomic E-state index is 0.136. The van der Waals surface area contributed by atoms with Gasteiger partial charge in [0.1, 0.15) is 0 Å². The largest absolute Gasteiger partial charge is 0.348 e. The average molecular weight is 157 g/mol. The van der Waals surface area contributed by atoms with E-state index in [9.17, 15) is 4.79 Å². The summed E-state index contributed by atoms with van der Waals surface area (Å²) in [5, 5.41) is 6.27. The molecule has 1 amide bonds. The Morgan fingerprint density at radius 1 is 1.64 bits per heavy atom. The van der Waals surface area contributed by atoms with Crippen molar-refractivity contribution in [2.45, 2.75) is 6.04 Å². The van der Waals surface area contributed by atoms with Gasteiger partial charge in [0, 0.05) is 33.2 Å². The molecule has 0 saturated carbocycles. The highest BCUT2D eigenvalue weighted by atomic mass is 16.2. The van der Waals surface area contributed by atoms with Crippen LogP contribution in [0.3, 0.4) is 0 Å². The van der Waals surface area contributed by atoms with Crippen LogP contribution in [-0.4, -0.2) is 50.6 Å². The normalized spacial score (nSPS) is 17.6. The van der Waals surface area contributed by atoms with E-state index < -0.39 is 0 Å². The molecule has 1 heterocycles. The summed E-state index contributed by atoms with van der Waals surface area (Å²) >= 11 is 0. The Kier molecular flexibility index (Phi) is 2.84. The van der Waals surface area contributed by atoms with Crippen LogP contribution in [0.4, 0.5) is 0 Å². The summed E-state index contributed by atoms with van der Waals surface area (Å²) in [5.41, 5.74) is 0. The molecule has 4 heteroatoms. The molecule has 1 saturated heterocycles. The first-order valence-corrected chi connectivity index (χ1v) is 3.84. The molecule has 1 aliphatic heterocycles. The second kappa shape index (κ2) is 3.69. The van der Waals surface area contributed by atoms with Gasteiger partial charge in [0.15, 0.2) is 0 Å². The van der Waals surface area contributed by atoms with Gasteiger partial charge in [-0.2, -0.15) is 0 Å². The van der Waals surface area contributed by atoms with Crippen LogP contribution in [0.2, 0.25) is 0 Å². The maximum atomic E-state index is 11.0. The van der Waals surface area contributed by atoms with Crippen LogP contribution in [-0.2, 0) is 4.79 Å². The molecule has 0 aromatic carbocycles. The Bertz CT molecular complexity index is 143. The molecular formula is C7H15N3O. The summed E-state index contributed by atoms with van der Waals surface area (Å²) in [4.78, 5) is 12.6. The zero-order chi connectivity index (χ0) is 8.27. The highest BCUT2D eigenvalue weighted by Crippen LogP contribution is 1.89. The van der Waals surface area contributed by atoms with E-state index in [1.165, 1.54) is 0 Å². The van der Waals surface area contributed by atoms with E-state index in [1.807, 2.05) is 0 Å². The number of carbonyl (C=O) groups excluding carboxylic acids is 1. The number of rotatable bonds is 3. The van der Waals surface area contributed by atoms with Crippen LogP contribution in [0.25, 0.3) is 0 Å². The van der Waals surface area contributed by atoms with Crippen molar-refractivity contribution in [2.75, 3.05) is 33.7 Å². The molecule has 0 unspecified atom stereocenters. The highest BCUT2D eigenvalue weighted by molar-refractivity contribution is 5.77. The topological polar surface area (TPSA) is 44.4 Å². The molecule has 0 aromatic rings. The molecule has 4 nitrogen and oxygen atoms in total. The van der Waals surface area contributed by atoms with Gasteiger partial charge < -0.3 is 15.5 Å². The van der Waals surface area contributed by atoms with Gasteiger partial charge in [-0.25, -0.2) is 0 Å². The Morgan fingerprint density at radius 2 is 2.27 bits per heavy atom. The Balaban J connectivity index is 2.06. The zero-order valence-electron chi connectivity index (χ0n) is 7.05. The van der Waals surface area contributed by atoms with Crippen molar-refractivity contribution in [1.82, 2.24) is 15.5 Å². The molecule has 0 aliphatic carbocycles. The van der Waals surface area contributed by atoms with E-state index in [2.05, 4.69) is 10.6 Å². The maximum absolute atomic E-state index is 11.0. The lowest BCUT2D eigenvalue weighted by molar-refractivity contribution is -0.127. The van der Waals surface area contributed by atoms with E-state index >= 15 is 0 Å². The number of nitrogens with one attached hydrogen (secondary N) is 2.